The van der Waals surface area contributed by atoms with Gasteiger partial charge in [0.25, 0.3) is 0 Å². The van der Waals surface area contributed by atoms with Gasteiger partial charge in [0, 0.05) is 54.1 Å². The fraction of sp³-hybridized carbons (Fsp3) is 0.333. The molecule has 1 aliphatic rings. The lowest BCUT2D eigenvalue weighted by Gasteiger charge is -2.29. The molecule has 1 aromatic carbocycles. The first-order valence-electron chi connectivity index (χ1n) is 11.2. The SMILES string of the molecule is OC1CCN(c2ncc(-c3cnc4[nH]cc([C@H](CF)c5c(OC(F)F)ccc(F)c5Cl)c4c3)s2)CC1. The molecule has 12 heteroatoms. The summed E-state index contributed by atoms with van der Waals surface area (Å²) in [4.78, 5) is 14.8. The van der Waals surface area contributed by atoms with Gasteiger partial charge in [-0.15, -0.1) is 0 Å². The Morgan fingerprint density at radius 3 is 2.72 bits per heavy atom. The zero-order valence-electron chi connectivity index (χ0n) is 18.7. The van der Waals surface area contributed by atoms with E-state index in [-0.39, 0.29) is 11.7 Å². The molecule has 1 fully saturated rings. The predicted octanol–water partition coefficient (Wildman–Crippen LogP) is 6.14. The molecule has 0 saturated carbocycles. The molecule has 0 spiro atoms. The molecule has 0 radical (unpaired) electrons. The number of thiazole rings is 1. The number of aromatic nitrogens is 3. The number of nitrogens with zero attached hydrogens (tertiary/aromatic N) is 3. The minimum absolute atomic E-state index is 0.196. The number of halogens is 5. The predicted molar refractivity (Wildman–Crippen MR) is 131 cm³/mol. The van der Waals surface area contributed by atoms with Crippen LogP contribution in [0.15, 0.2) is 36.8 Å². The average Bonchev–Trinajstić information content (AvgIpc) is 3.51. The van der Waals surface area contributed by atoms with Crippen LogP contribution in [-0.2, 0) is 0 Å². The molecule has 36 heavy (non-hydrogen) atoms. The maximum atomic E-state index is 14.4. The van der Waals surface area contributed by atoms with Gasteiger partial charge in [0.05, 0.1) is 16.0 Å². The quantitative estimate of drug-likeness (QED) is 0.275. The summed E-state index contributed by atoms with van der Waals surface area (Å²) in [6.07, 6.45) is 5.96. The summed E-state index contributed by atoms with van der Waals surface area (Å²) in [5.41, 5.74) is 1.36. The number of hydrogen-bond donors (Lipinski definition) is 2. The molecule has 190 valence electrons. The summed E-state index contributed by atoms with van der Waals surface area (Å²) >= 11 is 7.59. The molecular weight excluding hydrogens is 520 g/mol. The van der Waals surface area contributed by atoms with Gasteiger partial charge in [-0.25, -0.2) is 14.4 Å². The lowest BCUT2D eigenvalue weighted by atomic mass is 9.91. The molecule has 1 atom stereocenters. The zero-order chi connectivity index (χ0) is 25.4. The van der Waals surface area contributed by atoms with Crippen molar-refractivity contribution >= 4 is 39.1 Å². The highest BCUT2D eigenvalue weighted by molar-refractivity contribution is 7.18. The van der Waals surface area contributed by atoms with E-state index in [9.17, 15) is 22.7 Å². The van der Waals surface area contributed by atoms with E-state index in [0.29, 0.717) is 42.5 Å². The number of pyridine rings is 1. The van der Waals surface area contributed by atoms with Crippen molar-refractivity contribution in [3.8, 4) is 16.2 Å². The largest absolute Gasteiger partial charge is 0.434 e. The topological polar surface area (TPSA) is 74.3 Å². The van der Waals surface area contributed by atoms with Crippen molar-refractivity contribution in [3.05, 3.63) is 58.8 Å². The number of ether oxygens (including phenoxy) is 1. The van der Waals surface area contributed by atoms with Crippen LogP contribution in [0.2, 0.25) is 5.02 Å². The first-order valence-corrected chi connectivity index (χ1v) is 12.4. The molecule has 0 unspecified atom stereocenters. The number of aliphatic hydroxyl groups is 1. The van der Waals surface area contributed by atoms with Gasteiger partial charge in [0.2, 0.25) is 0 Å². The Kier molecular flexibility index (Phi) is 7.05. The minimum atomic E-state index is -3.19. The Labute approximate surface area is 212 Å². The molecule has 4 heterocycles. The number of aliphatic hydroxyl groups excluding tert-OH is 1. The van der Waals surface area contributed by atoms with Crippen LogP contribution in [0.3, 0.4) is 0 Å². The second-order valence-corrected chi connectivity index (χ2v) is 9.84. The van der Waals surface area contributed by atoms with E-state index in [1.54, 1.807) is 18.5 Å². The molecule has 6 nitrogen and oxygen atoms in total. The minimum Gasteiger partial charge on any atom is -0.434 e. The van der Waals surface area contributed by atoms with E-state index in [4.69, 9.17) is 11.6 Å². The summed E-state index contributed by atoms with van der Waals surface area (Å²) in [7, 11) is 0. The van der Waals surface area contributed by atoms with Crippen molar-refractivity contribution in [3.63, 3.8) is 0 Å². The number of piperidine rings is 1. The number of hydrogen-bond acceptors (Lipinski definition) is 6. The Morgan fingerprint density at radius 2 is 2.00 bits per heavy atom. The van der Waals surface area contributed by atoms with Crippen molar-refractivity contribution in [1.29, 1.82) is 0 Å². The zero-order valence-corrected chi connectivity index (χ0v) is 20.3. The van der Waals surface area contributed by atoms with E-state index in [0.717, 1.165) is 27.7 Å². The van der Waals surface area contributed by atoms with Gasteiger partial charge >= 0.3 is 6.61 Å². The van der Waals surface area contributed by atoms with Crippen LogP contribution in [-0.4, -0.2) is 52.5 Å². The second-order valence-electron chi connectivity index (χ2n) is 8.45. The Bertz CT molecular complexity index is 1370. The van der Waals surface area contributed by atoms with Crippen LogP contribution >= 0.6 is 22.9 Å². The summed E-state index contributed by atoms with van der Waals surface area (Å²) in [6.45, 7) is -2.80. The van der Waals surface area contributed by atoms with Gasteiger partial charge in [-0.3, -0.25) is 4.39 Å². The number of H-pyrrole nitrogens is 1. The number of alkyl halides is 3. The molecule has 0 aliphatic carbocycles. The first-order chi connectivity index (χ1) is 17.4. The van der Waals surface area contributed by atoms with Gasteiger partial charge in [-0.1, -0.05) is 22.9 Å². The van der Waals surface area contributed by atoms with Crippen molar-refractivity contribution < 1.29 is 27.4 Å². The average molecular weight is 541 g/mol. The number of fused-ring (bicyclic) bond motifs is 1. The van der Waals surface area contributed by atoms with Crippen LogP contribution in [0.1, 0.15) is 29.9 Å². The van der Waals surface area contributed by atoms with E-state index in [2.05, 4.69) is 24.6 Å². The maximum Gasteiger partial charge on any atom is 0.387 e. The summed E-state index contributed by atoms with van der Waals surface area (Å²) in [5, 5.41) is 10.6. The number of benzene rings is 1. The maximum absolute atomic E-state index is 14.4. The molecule has 4 aromatic rings. The van der Waals surface area contributed by atoms with Crippen LogP contribution in [0.5, 0.6) is 5.75 Å². The monoisotopic (exact) mass is 540 g/mol. The van der Waals surface area contributed by atoms with Gasteiger partial charge in [0.15, 0.2) is 5.13 Å². The fourth-order valence-electron chi connectivity index (χ4n) is 4.44. The van der Waals surface area contributed by atoms with Crippen molar-refractivity contribution in [2.45, 2.75) is 31.5 Å². The molecule has 0 bridgehead atoms. The molecule has 5 rings (SSSR count). The van der Waals surface area contributed by atoms with Gasteiger partial charge in [0.1, 0.15) is 23.9 Å². The normalized spacial score (nSPS) is 15.7. The first kappa shape index (κ1) is 24.8. The standard InChI is InChI=1S/C24H21ClF4N4O2S/c25-21-17(27)1-2-18(35-23(28)29)20(21)15(8-26)16-10-31-22-14(16)7-12(9-30-22)19-11-32-24(36-19)33-5-3-13(34)4-6-33/h1-2,7,9-11,13,15,23,34H,3-6,8H2,(H,30,31)/t15-/m0/s1. The third-order valence-corrected chi connectivity index (χ3v) is 7.75. The van der Waals surface area contributed by atoms with E-state index >= 15 is 0 Å². The molecule has 1 saturated heterocycles. The van der Waals surface area contributed by atoms with Crippen molar-refractivity contribution in [1.82, 2.24) is 15.0 Å². The highest BCUT2D eigenvalue weighted by Crippen LogP contribution is 2.42. The lowest BCUT2D eigenvalue weighted by Crippen LogP contribution is -2.35. The molecule has 0 amide bonds. The van der Waals surface area contributed by atoms with E-state index < -0.39 is 35.8 Å². The fourth-order valence-corrected chi connectivity index (χ4v) is 5.67. The molecule has 1 aliphatic heterocycles. The van der Waals surface area contributed by atoms with Gasteiger partial charge in [-0.05, 0) is 36.6 Å². The number of anilines is 1. The Hall–Kier alpha value is -2.89. The third kappa shape index (κ3) is 4.74. The summed E-state index contributed by atoms with van der Waals surface area (Å²) in [5.74, 6) is -2.44. The van der Waals surface area contributed by atoms with Crippen LogP contribution in [0.25, 0.3) is 21.5 Å². The van der Waals surface area contributed by atoms with Gasteiger partial charge < -0.3 is 19.7 Å². The highest BCUT2D eigenvalue weighted by Gasteiger charge is 2.28. The van der Waals surface area contributed by atoms with Crippen LogP contribution < -0.4 is 9.64 Å². The van der Waals surface area contributed by atoms with E-state index in [1.165, 1.54) is 17.5 Å². The van der Waals surface area contributed by atoms with E-state index in [1.807, 2.05) is 0 Å². The number of nitrogens with one attached hydrogen (secondary N) is 1. The second kappa shape index (κ2) is 10.2. The number of aromatic amines is 1. The summed E-state index contributed by atoms with van der Waals surface area (Å²) in [6, 6.07) is 3.72. The van der Waals surface area contributed by atoms with Crippen LogP contribution in [0.4, 0.5) is 22.7 Å². The van der Waals surface area contributed by atoms with Gasteiger partial charge in [-0.2, -0.15) is 8.78 Å². The summed E-state index contributed by atoms with van der Waals surface area (Å²) < 4.78 is 59.2. The lowest BCUT2D eigenvalue weighted by molar-refractivity contribution is -0.0506. The third-order valence-electron chi connectivity index (χ3n) is 6.26. The van der Waals surface area contributed by atoms with Crippen molar-refractivity contribution in [2.75, 3.05) is 24.7 Å². The molecule has 2 N–H and O–H groups in total. The Morgan fingerprint density at radius 1 is 1.22 bits per heavy atom. The Balaban J connectivity index is 1.53. The number of rotatable bonds is 7. The van der Waals surface area contributed by atoms with Crippen molar-refractivity contribution in [2.24, 2.45) is 0 Å². The highest BCUT2D eigenvalue weighted by atomic mass is 35.5. The molecular formula is C24H21ClF4N4O2S. The smallest absolute Gasteiger partial charge is 0.387 e. The van der Waals surface area contributed by atoms with Crippen LogP contribution in [0, 0.1) is 5.82 Å². The molecule has 3 aromatic heterocycles.